The SMILES string of the molecule is CC(C)C(CN)(Cc1ccn(C2CCCC2)n1)C(=O)O. The van der Waals surface area contributed by atoms with E-state index in [1.54, 1.807) is 0 Å². The zero-order chi connectivity index (χ0) is 14.8. The Morgan fingerprint density at radius 3 is 2.70 bits per heavy atom. The van der Waals surface area contributed by atoms with Gasteiger partial charge >= 0.3 is 5.97 Å². The summed E-state index contributed by atoms with van der Waals surface area (Å²) in [5.74, 6) is -0.855. The average Bonchev–Trinajstić information content (AvgIpc) is 3.05. The Hall–Kier alpha value is -1.36. The minimum absolute atomic E-state index is 0.0263. The summed E-state index contributed by atoms with van der Waals surface area (Å²) in [6, 6.07) is 2.42. The molecule has 0 bridgehead atoms. The predicted molar refractivity (Wildman–Crippen MR) is 77.4 cm³/mol. The maximum Gasteiger partial charge on any atom is 0.311 e. The van der Waals surface area contributed by atoms with Crippen molar-refractivity contribution in [2.75, 3.05) is 6.54 Å². The van der Waals surface area contributed by atoms with E-state index in [-0.39, 0.29) is 12.5 Å². The van der Waals surface area contributed by atoms with Gasteiger partial charge < -0.3 is 10.8 Å². The lowest BCUT2D eigenvalue weighted by atomic mass is 9.74. The van der Waals surface area contributed by atoms with Gasteiger partial charge in [0, 0.05) is 19.2 Å². The number of aliphatic carboxylic acids is 1. The maximum atomic E-state index is 11.6. The summed E-state index contributed by atoms with van der Waals surface area (Å²) in [6.07, 6.45) is 7.24. The molecule has 1 atom stereocenters. The van der Waals surface area contributed by atoms with Crippen molar-refractivity contribution in [2.24, 2.45) is 17.1 Å². The predicted octanol–water partition coefficient (Wildman–Crippen LogP) is 2.23. The second kappa shape index (κ2) is 5.95. The molecule has 112 valence electrons. The number of carbonyl (C=O) groups is 1. The molecular formula is C15H25N3O2. The highest BCUT2D eigenvalue weighted by molar-refractivity contribution is 5.75. The van der Waals surface area contributed by atoms with E-state index < -0.39 is 11.4 Å². The molecule has 1 aromatic rings. The fourth-order valence-corrected chi connectivity index (χ4v) is 3.09. The minimum atomic E-state index is -0.922. The van der Waals surface area contributed by atoms with E-state index in [0.717, 1.165) is 5.69 Å². The lowest BCUT2D eigenvalue weighted by Crippen LogP contribution is -2.45. The van der Waals surface area contributed by atoms with Crippen molar-refractivity contribution >= 4 is 5.97 Å². The molecule has 5 heteroatoms. The molecule has 2 rings (SSSR count). The van der Waals surface area contributed by atoms with Crippen molar-refractivity contribution in [3.8, 4) is 0 Å². The van der Waals surface area contributed by atoms with Gasteiger partial charge in [-0.05, 0) is 24.8 Å². The van der Waals surface area contributed by atoms with Gasteiger partial charge in [-0.25, -0.2) is 0 Å². The molecule has 0 aromatic carbocycles. The molecule has 0 amide bonds. The topological polar surface area (TPSA) is 81.1 Å². The number of aromatic nitrogens is 2. The van der Waals surface area contributed by atoms with Crippen molar-refractivity contribution in [2.45, 2.75) is 52.0 Å². The molecule has 0 spiro atoms. The van der Waals surface area contributed by atoms with Crippen LogP contribution in [0.2, 0.25) is 0 Å². The first-order valence-electron chi connectivity index (χ1n) is 7.47. The van der Waals surface area contributed by atoms with E-state index >= 15 is 0 Å². The standard InChI is InChI=1S/C15H25N3O2/c1-11(2)15(10-16,14(19)20)9-12-7-8-18(17-12)13-5-3-4-6-13/h7-8,11,13H,3-6,9-10,16H2,1-2H3,(H,19,20). The maximum absolute atomic E-state index is 11.6. The number of carboxylic acids is 1. The van der Waals surface area contributed by atoms with Crippen LogP contribution in [0.5, 0.6) is 0 Å². The van der Waals surface area contributed by atoms with Gasteiger partial charge in [-0.3, -0.25) is 9.48 Å². The number of hydrogen-bond acceptors (Lipinski definition) is 3. The van der Waals surface area contributed by atoms with Crippen molar-refractivity contribution in [3.63, 3.8) is 0 Å². The lowest BCUT2D eigenvalue weighted by Gasteiger charge is -2.31. The third kappa shape index (κ3) is 2.73. The Balaban J connectivity index is 2.17. The number of nitrogens with two attached hydrogens (primary N) is 1. The van der Waals surface area contributed by atoms with Gasteiger partial charge in [0.25, 0.3) is 0 Å². The third-order valence-electron chi connectivity index (χ3n) is 4.75. The highest BCUT2D eigenvalue weighted by Crippen LogP contribution is 2.32. The first-order chi connectivity index (χ1) is 9.49. The molecule has 1 aromatic heterocycles. The van der Waals surface area contributed by atoms with E-state index in [0.29, 0.717) is 12.5 Å². The monoisotopic (exact) mass is 279 g/mol. The van der Waals surface area contributed by atoms with Crippen LogP contribution < -0.4 is 5.73 Å². The molecule has 0 aliphatic heterocycles. The third-order valence-corrected chi connectivity index (χ3v) is 4.75. The van der Waals surface area contributed by atoms with Crippen LogP contribution in [0.1, 0.15) is 51.3 Å². The summed E-state index contributed by atoms with van der Waals surface area (Å²) in [5.41, 5.74) is 5.68. The van der Waals surface area contributed by atoms with Crippen LogP contribution in [0.15, 0.2) is 12.3 Å². The molecule has 5 nitrogen and oxygen atoms in total. The van der Waals surface area contributed by atoms with Crippen molar-refractivity contribution < 1.29 is 9.90 Å². The summed E-state index contributed by atoms with van der Waals surface area (Å²) >= 11 is 0. The van der Waals surface area contributed by atoms with Crippen LogP contribution >= 0.6 is 0 Å². The molecular weight excluding hydrogens is 254 g/mol. The molecule has 1 unspecified atom stereocenters. The quantitative estimate of drug-likeness (QED) is 0.836. The zero-order valence-corrected chi connectivity index (χ0v) is 12.4. The molecule has 0 saturated heterocycles. The summed E-state index contributed by atoms with van der Waals surface area (Å²) in [7, 11) is 0. The van der Waals surface area contributed by atoms with E-state index in [4.69, 9.17) is 5.73 Å². The van der Waals surface area contributed by atoms with E-state index in [1.165, 1.54) is 25.7 Å². The average molecular weight is 279 g/mol. The number of rotatable bonds is 6. The lowest BCUT2D eigenvalue weighted by molar-refractivity contribution is -0.151. The summed E-state index contributed by atoms with van der Waals surface area (Å²) in [6.45, 7) is 3.96. The molecule has 1 aliphatic carbocycles. The second-order valence-electron chi connectivity index (χ2n) is 6.22. The largest absolute Gasteiger partial charge is 0.481 e. The molecule has 20 heavy (non-hydrogen) atoms. The van der Waals surface area contributed by atoms with Crippen molar-refractivity contribution in [3.05, 3.63) is 18.0 Å². The Kier molecular flexibility index (Phi) is 4.48. The molecule has 1 saturated carbocycles. The smallest absolute Gasteiger partial charge is 0.311 e. The molecule has 0 radical (unpaired) electrons. The molecule has 1 heterocycles. The van der Waals surface area contributed by atoms with Crippen LogP contribution in [0.3, 0.4) is 0 Å². The van der Waals surface area contributed by atoms with E-state index in [1.807, 2.05) is 30.8 Å². The van der Waals surface area contributed by atoms with Crippen LogP contribution in [0.4, 0.5) is 0 Å². The second-order valence-corrected chi connectivity index (χ2v) is 6.22. The van der Waals surface area contributed by atoms with Crippen LogP contribution in [-0.4, -0.2) is 27.4 Å². The fourth-order valence-electron chi connectivity index (χ4n) is 3.09. The van der Waals surface area contributed by atoms with Crippen LogP contribution in [0, 0.1) is 11.3 Å². The van der Waals surface area contributed by atoms with Gasteiger partial charge in [0.2, 0.25) is 0 Å². The Bertz CT molecular complexity index is 463. The van der Waals surface area contributed by atoms with Gasteiger partial charge in [0.05, 0.1) is 17.2 Å². The summed E-state index contributed by atoms with van der Waals surface area (Å²) < 4.78 is 2.01. The highest BCUT2D eigenvalue weighted by Gasteiger charge is 2.41. The van der Waals surface area contributed by atoms with Crippen LogP contribution in [-0.2, 0) is 11.2 Å². The molecule has 1 aliphatic rings. The summed E-state index contributed by atoms with van der Waals surface area (Å²) in [4.78, 5) is 11.6. The number of hydrogen-bond donors (Lipinski definition) is 2. The van der Waals surface area contributed by atoms with Gasteiger partial charge in [-0.1, -0.05) is 26.7 Å². The summed E-state index contributed by atoms with van der Waals surface area (Å²) in [5, 5.41) is 14.1. The minimum Gasteiger partial charge on any atom is -0.481 e. The first-order valence-corrected chi connectivity index (χ1v) is 7.47. The van der Waals surface area contributed by atoms with Gasteiger partial charge in [-0.15, -0.1) is 0 Å². The fraction of sp³-hybridized carbons (Fsp3) is 0.733. The molecule has 3 N–H and O–H groups in total. The van der Waals surface area contributed by atoms with E-state index in [2.05, 4.69) is 5.10 Å². The Morgan fingerprint density at radius 2 is 2.20 bits per heavy atom. The van der Waals surface area contributed by atoms with Gasteiger partial charge in [-0.2, -0.15) is 5.10 Å². The van der Waals surface area contributed by atoms with E-state index in [9.17, 15) is 9.90 Å². The van der Waals surface area contributed by atoms with Crippen molar-refractivity contribution in [1.29, 1.82) is 0 Å². The normalized spacial score (nSPS) is 19.4. The van der Waals surface area contributed by atoms with Gasteiger partial charge in [0.1, 0.15) is 0 Å². The zero-order valence-electron chi connectivity index (χ0n) is 12.4. The van der Waals surface area contributed by atoms with Gasteiger partial charge in [0.15, 0.2) is 0 Å². The van der Waals surface area contributed by atoms with Crippen LogP contribution in [0.25, 0.3) is 0 Å². The Morgan fingerprint density at radius 1 is 1.55 bits per heavy atom. The number of nitrogens with zero attached hydrogens (tertiary/aromatic N) is 2. The highest BCUT2D eigenvalue weighted by atomic mass is 16.4. The number of carboxylic acid groups (broad SMARTS) is 1. The van der Waals surface area contributed by atoms with Crippen molar-refractivity contribution in [1.82, 2.24) is 9.78 Å². The first kappa shape index (κ1) is 15.0. The molecule has 1 fully saturated rings. The Labute approximate surface area is 120 Å².